The van der Waals surface area contributed by atoms with Crippen molar-refractivity contribution in [3.05, 3.63) is 47.7 Å². The number of rotatable bonds is 4. The summed E-state index contributed by atoms with van der Waals surface area (Å²) in [4.78, 5) is 27.1. The Kier molecular flexibility index (Phi) is 5.01. The Morgan fingerprint density at radius 3 is 2.86 bits per heavy atom. The minimum atomic E-state index is -0.220. The number of fused-ring (bicyclic) bond motifs is 3. The van der Waals surface area contributed by atoms with Crippen molar-refractivity contribution < 1.29 is 14.3 Å². The predicted octanol–water partition coefficient (Wildman–Crippen LogP) is 4.41. The highest BCUT2D eigenvalue weighted by Crippen LogP contribution is 2.47. The van der Waals surface area contributed by atoms with Gasteiger partial charge in [-0.3, -0.25) is 9.59 Å². The normalized spacial score (nSPS) is 26.1. The Labute approximate surface area is 172 Å². The highest BCUT2D eigenvalue weighted by Gasteiger charge is 2.46. The molecule has 29 heavy (non-hydrogen) atoms. The average molecular weight is 395 g/mol. The molecule has 1 saturated carbocycles. The Morgan fingerprint density at radius 2 is 2.14 bits per heavy atom. The van der Waals surface area contributed by atoms with E-state index >= 15 is 0 Å². The van der Waals surface area contributed by atoms with Crippen molar-refractivity contribution in [2.24, 2.45) is 11.3 Å². The third kappa shape index (κ3) is 3.59. The fourth-order valence-corrected chi connectivity index (χ4v) is 5.20. The lowest BCUT2D eigenvalue weighted by molar-refractivity contribution is -0.145. The predicted molar refractivity (Wildman–Crippen MR) is 114 cm³/mol. The number of esters is 1. The molecule has 2 heterocycles. The summed E-state index contributed by atoms with van der Waals surface area (Å²) in [6.07, 6.45) is 7.40. The molecule has 2 fully saturated rings. The van der Waals surface area contributed by atoms with E-state index in [0.29, 0.717) is 12.6 Å². The van der Waals surface area contributed by atoms with Crippen molar-refractivity contribution in [1.82, 2.24) is 9.47 Å². The number of allylic oxidation sites excluding steroid dienone is 1. The molecule has 0 N–H and O–H groups in total. The SMILES string of the molecule is C/C=C1/CC2CC(C)(C1)CN2C(=O)c1ccc2c(ccn2CC(C)C(=O)OC)c1. The van der Waals surface area contributed by atoms with Crippen molar-refractivity contribution >= 4 is 22.8 Å². The molecule has 4 rings (SSSR count). The minimum absolute atomic E-state index is 0.133. The Balaban J connectivity index is 1.56. The molecule has 2 bridgehead atoms. The molecule has 5 nitrogen and oxygen atoms in total. The molecule has 5 heteroatoms. The minimum Gasteiger partial charge on any atom is -0.469 e. The van der Waals surface area contributed by atoms with Crippen LogP contribution in [0.15, 0.2) is 42.1 Å². The highest BCUT2D eigenvalue weighted by molar-refractivity contribution is 5.98. The highest BCUT2D eigenvalue weighted by atomic mass is 16.5. The summed E-state index contributed by atoms with van der Waals surface area (Å²) in [5, 5.41) is 1.02. The standard InChI is InChI=1S/C24H30N2O3/c1-5-17-10-20-13-24(3,12-17)15-26(20)22(27)19-6-7-21-18(11-19)8-9-25(21)14-16(2)23(28)29-4/h5-9,11,16,20H,10,12-15H2,1-4H3/b17-5-. The van der Waals surface area contributed by atoms with Gasteiger partial charge in [0.05, 0.1) is 13.0 Å². The first-order chi connectivity index (χ1) is 13.8. The number of nitrogens with zero attached hydrogens (tertiary/aromatic N) is 2. The molecule has 1 aromatic heterocycles. The number of carbonyl (C=O) groups excluding carboxylic acids is 2. The topological polar surface area (TPSA) is 51.5 Å². The molecule has 2 aromatic rings. The first kappa shape index (κ1) is 19.7. The number of likely N-dealkylation sites (tertiary alicyclic amines) is 1. The van der Waals surface area contributed by atoms with Gasteiger partial charge >= 0.3 is 5.97 Å². The first-order valence-electron chi connectivity index (χ1n) is 10.5. The van der Waals surface area contributed by atoms with E-state index in [1.807, 2.05) is 42.0 Å². The number of ether oxygens (including phenoxy) is 1. The van der Waals surface area contributed by atoms with Crippen LogP contribution in [0.25, 0.3) is 10.9 Å². The summed E-state index contributed by atoms with van der Waals surface area (Å²) in [7, 11) is 1.41. The van der Waals surface area contributed by atoms with Crippen LogP contribution in [0.4, 0.5) is 0 Å². The second-order valence-electron chi connectivity index (χ2n) is 9.10. The third-order valence-corrected chi connectivity index (χ3v) is 6.63. The maximum Gasteiger partial charge on any atom is 0.310 e. The molecule has 0 radical (unpaired) electrons. The van der Waals surface area contributed by atoms with Crippen molar-refractivity contribution in [2.45, 2.75) is 52.6 Å². The Hall–Kier alpha value is -2.56. The number of hydrogen-bond acceptors (Lipinski definition) is 3. The number of benzene rings is 1. The van der Waals surface area contributed by atoms with Crippen molar-refractivity contribution in [3.8, 4) is 0 Å². The largest absolute Gasteiger partial charge is 0.469 e. The van der Waals surface area contributed by atoms with E-state index in [9.17, 15) is 9.59 Å². The van der Waals surface area contributed by atoms with Gasteiger partial charge in [0.15, 0.2) is 0 Å². The lowest BCUT2D eigenvalue weighted by atomic mass is 9.75. The Bertz CT molecular complexity index is 989. The van der Waals surface area contributed by atoms with E-state index in [1.165, 1.54) is 12.7 Å². The summed E-state index contributed by atoms with van der Waals surface area (Å²) >= 11 is 0. The first-order valence-corrected chi connectivity index (χ1v) is 10.5. The molecule has 154 valence electrons. The van der Waals surface area contributed by atoms with E-state index in [2.05, 4.69) is 24.8 Å². The maximum absolute atomic E-state index is 13.3. The van der Waals surface area contributed by atoms with Gasteiger partial charge in [0, 0.05) is 41.8 Å². The molecule has 1 saturated heterocycles. The zero-order chi connectivity index (χ0) is 20.8. The van der Waals surface area contributed by atoms with Crippen LogP contribution in [0.5, 0.6) is 0 Å². The summed E-state index contributed by atoms with van der Waals surface area (Å²) < 4.78 is 6.88. The molecule has 3 unspecified atom stereocenters. The Morgan fingerprint density at radius 1 is 1.34 bits per heavy atom. The molecule has 1 aliphatic heterocycles. The second kappa shape index (κ2) is 7.36. The lowest BCUT2D eigenvalue weighted by Gasteiger charge is -2.29. The fourth-order valence-electron chi connectivity index (χ4n) is 5.20. The maximum atomic E-state index is 13.3. The van der Waals surface area contributed by atoms with Crippen molar-refractivity contribution in [3.63, 3.8) is 0 Å². The van der Waals surface area contributed by atoms with Gasteiger partial charge in [-0.2, -0.15) is 0 Å². The van der Waals surface area contributed by atoms with Gasteiger partial charge in [-0.15, -0.1) is 0 Å². The number of methoxy groups -OCH3 is 1. The van der Waals surface area contributed by atoms with Gasteiger partial charge in [-0.1, -0.05) is 25.5 Å². The molecule has 1 amide bonds. The van der Waals surface area contributed by atoms with Gasteiger partial charge in [-0.25, -0.2) is 0 Å². The van der Waals surface area contributed by atoms with Crippen LogP contribution in [0.1, 0.15) is 50.4 Å². The van der Waals surface area contributed by atoms with E-state index in [4.69, 9.17) is 4.74 Å². The van der Waals surface area contributed by atoms with Crippen molar-refractivity contribution in [2.75, 3.05) is 13.7 Å². The van der Waals surface area contributed by atoms with Gasteiger partial charge in [-0.05, 0) is 55.9 Å². The van der Waals surface area contributed by atoms with Crippen LogP contribution in [-0.4, -0.2) is 41.0 Å². The fraction of sp³-hybridized carbons (Fsp3) is 0.500. The monoisotopic (exact) mass is 394 g/mol. The van der Waals surface area contributed by atoms with E-state index in [-0.39, 0.29) is 23.2 Å². The molecular weight excluding hydrogens is 364 g/mol. The van der Waals surface area contributed by atoms with Crippen LogP contribution >= 0.6 is 0 Å². The van der Waals surface area contributed by atoms with Crippen LogP contribution in [-0.2, 0) is 16.1 Å². The average Bonchev–Trinajstić information content (AvgIpc) is 3.22. The number of carbonyl (C=O) groups is 2. The van der Waals surface area contributed by atoms with Gasteiger partial charge in [0.2, 0.25) is 0 Å². The van der Waals surface area contributed by atoms with E-state index < -0.39 is 0 Å². The molecule has 2 aliphatic rings. The molecule has 0 spiro atoms. The summed E-state index contributed by atoms with van der Waals surface area (Å²) in [6.45, 7) is 7.67. The van der Waals surface area contributed by atoms with Crippen LogP contribution in [0.3, 0.4) is 0 Å². The third-order valence-electron chi connectivity index (χ3n) is 6.63. The summed E-state index contributed by atoms with van der Waals surface area (Å²) in [6, 6.07) is 8.23. The molecule has 1 aromatic carbocycles. The van der Waals surface area contributed by atoms with Crippen molar-refractivity contribution in [1.29, 1.82) is 0 Å². The summed E-state index contributed by atoms with van der Waals surface area (Å²) in [5.74, 6) is -0.302. The second-order valence-corrected chi connectivity index (χ2v) is 9.10. The zero-order valence-electron chi connectivity index (χ0n) is 17.8. The van der Waals surface area contributed by atoms with Crippen LogP contribution in [0, 0.1) is 11.3 Å². The van der Waals surface area contributed by atoms with Crippen LogP contribution < -0.4 is 0 Å². The molecule has 1 aliphatic carbocycles. The van der Waals surface area contributed by atoms with Gasteiger partial charge < -0.3 is 14.2 Å². The molecular formula is C24H30N2O3. The number of aromatic nitrogens is 1. The zero-order valence-corrected chi connectivity index (χ0v) is 17.8. The van der Waals surface area contributed by atoms with E-state index in [0.717, 1.165) is 42.3 Å². The summed E-state index contributed by atoms with van der Waals surface area (Å²) in [5.41, 5.74) is 3.46. The molecule has 3 atom stereocenters. The van der Waals surface area contributed by atoms with Crippen LogP contribution in [0.2, 0.25) is 0 Å². The number of hydrogen-bond donors (Lipinski definition) is 0. The van der Waals surface area contributed by atoms with Gasteiger partial charge in [0.25, 0.3) is 5.91 Å². The van der Waals surface area contributed by atoms with E-state index in [1.54, 1.807) is 0 Å². The quantitative estimate of drug-likeness (QED) is 0.570. The smallest absolute Gasteiger partial charge is 0.310 e. The lowest BCUT2D eigenvalue weighted by Crippen LogP contribution is -2.35. The number of amides is 1. The van der Waals surface area contributed by atoms with Gasteiger partial charge in [0.1, 0.15) is 0 Å².